The third-order valence-corrected chi connectivity index (χ3v) is 3.89. The summed E-state index contributed by atoms with van der Waals surface area (Å²) in [6.45, 7) is -0.145. The normalized spacial score (nSPS) is 10.4. The second kappa shape index (κ2) is 10.1. The molecule has 0 spiro atoms. The van der Waals surface area contributed by atoms with E-state index in [2.05, 4.69) is 10.1 Å². The van der Waals surface area contributed by atoms with E-state index in [4.69, 9.17) is 16.3 Å². The van der Waals surface area contributed by atoms with E-state index in [0.717, 1.165) is 5.56 Å². The van der Waals surface area contributed by atoms with Crippen molar-refractivity contribution in [1.29, 1.82) is 0 Å². The molecule has 0 fully saturated rings. The van der Waals surface area contributed by atoms with Crippen molar-refractivity contribution < 1.29 is 23.9 Å². The fourth-order valence-corrected chi connectivity index (χ4v) is 2.29. The molecule has 140 valence electrons. The van der Waals surface area contributed by atoms with Gasteiger partial charge in [0.1, 0.15) is 0 Å². The van der Waals surface area contributed by atoms with Crippen LogP contribution in [0.2, 0.25) is 5.02 Å². The molecule has 0 saturated heterocycles. The molecule has 6 nitrogen and oxygen atoms in total. The van der Waals surface area contributed by atoms with Gasteiger partial charge < -0.3 is 14.8 Å². The molecule has 7 heteroatoms. The van der Waals surface area contributed by atoms with Crippen molar-refractivity contribution in [2.75, 3.05) is 13.7 Å². The summed E-state index contributed by atoms with van der Waals surface area (Å²) in [5, 5.41) is 3.17. The van der Waals surface area contributed by atoms with Gasteiger partial charge in [-0.1, -0.05) is 41.9 Å². The maximum Gasteiger partial charge on any atom is 0.337 e. The van der Waals surface area contributed by atoms with Crippen LogP contribution in [-0.4, -0.2) is 31.6 Å². The fraction of sp³-hybridized carbons (Fsp3) is 0.150. The maximum absolute atomic E-state index is 11.7. The molecule has 2 aromatic carbocycles. The van der Waals surface area contributed by atoms with Gasteiger partial charge in [-0.25, -0.2) is 9.59 Å². The Morgan fingerprint density at radius 2 is 1.78 bits per heavy atom. The number of amides is 1. The van der Waals surface area contributed by atoms with Gasteiger partial charge in [-0.15, -0.1) is 0 Å². The zero-order valence-electron chi connectivity index (χ0n) is 14.6. The highest BCUT2D eigenvalue weighted by molar-refractivity contribution is 6.31. The van der Waals surface area contributed by atoms with Gasteiger partial charge in [0.05, 0.1) is 12.7 Å². The van der Waals surface area contributed by atoms with Gasteiger partial charge in [0.2, 0.25) is 0 Å². The highest BCUT2D eigenvalue weighted by Gasteiger charge is 2.07. The van der Waals surface area contributed by atoms with E-state index in [1.54, 1.807) is 42.5 Å². The minimum absolute atomic E-state index is 0.248. The number of carbonyl (C=O) groups is 3. The Morgan fingerprint density at radius 1 is 1.07 bits per heavy atom. The lowest BCUT2D eigenvalue weighted by atomic mass is 10.1. The minimum atomic E-state index is -0.653. The molecule has 0 radical (unpaired) electrons. The average molecular weight is 388 g/mol. The Morgan fingerprint density at radius 3 is 2.44 bits per heavy atom. The van der Waals surface area contributed by atoms with Crippen molar-refractivity contribution >= 4 is 35.5 Å². The van der Waals surface area contributed by atoms with Crippen molar-refractivity contribution in [1.82, 2.24) is 5.32 Å². The number of carbonyl (C=O) groups excluding carboxylic acids is 3. The molecule has 0 unspecified atom stereocenters. The van der Waals surface area contributed by atoms with Gasteiger partial charge >= 0.3 is 11.9 Å². The summed E-state index contributed by atoms with van der Waals surface area (Å²) in [6.07, 6.45) is 2.72. The lowest BCUT2D eigenvalue weighted by Crippen LogP contribution is -2.28. The van der Waals surface area contributed by atoms with Crippen LogP contribution in [0, 0.1) is 0 Å². The van der Waals surface area contributed by atoms with Gasteiger partial charge in [-0.2, -0.15) is 0 Å². The summed E-state index contributed by atoms with van der Waals surface area (Å²) in [4.78, 5) is 34.8. The fourth-order valence-electron chi connectivity index (χ4n) is 2.08. The first-order valence-corrected chi connectivity index (χ1v) is 8.40. The molecule has 0 aliphatic carbocycles. The van der Waals surface area contributed by atoms with E-state index in [0.29, 0.717) is 16.1 Å². The molecule has 1 amide bonds. The molecule has 0 heterocycles. The molecule has 0 aromatic heterocycles. The van der Waals surface area contributed by atoms with Gasteiger partial charge in [0.15, 0.2) is 6.61 Å². The van der Waals surface area contributed by atoms with Gasteiger partial charge in [0, 0.05) is 17.6 Å². The number of hydrogen-bond acceptors (Lipinski definition) is 5. The smallest absolute Gasteiger partial charge is 0.337 e. The van der Waals surface area contributed by atoms with Crippen molar-refractivity contribution in [2.24, 2.45) is 0 Å². The zero-order chi connectivity index (χ0) is 19.6. The summed E-state index contributed by atoms with van der Waals surface area (Å²) < 4.78 is 9.49. The predicted molar refractivity (Wildman–Crippen MR) is 101 cm³/mol. The second-order valence-electron chi connectivity index (χ2n) is 5.42. The summed E-state index contributed by atoms with van der Waals surface area (Å²) in [7, 11) is 1.30. The van der Waals surface area contributed by atoms with E-state index in [-0.39, 0.29) is 6.54 Å². The van der Waals surface area contributed by atoms with E-state index in [1.807, 2.05) is 6.07 Å². The minimum Gasteiger partial charge on any atom is -0.465 e. The van der Waals surface area contributed by atoms with Gasteiger partial charge in [-0.05, 0) is 35.4 Å². The predicted octanol–water partition coefficient (Wildman–Crippen LogP) is 3.00. The summed E-state index contributed by atoms with van der Waals surface area (Å²) in [5.41, 5.74) is 1.88. The van der Waals surface area contributed by atoms with Crippen LogP contribution in [0.25, 0.3) is 6.08 Å². The van der Waals surface area contributed by atoms with E-state index < -0.39 is 24.5 Å². The van der Waals surface area contributed by atoms with Gasteiger partial charge in [0.25, 0.3) is 5.91 Å². The quantitative estimate of drug-likeness (QED) is 0.583. The van der Waals surface area contributed by atoms with Crippen molar-refractivity contribution in [3.8, 4) is 0 Å². The van der Waals surface area contributed by atoms with E-state index in [9.17, 15) is 14.4 Å². The number of ether oxygens (including phenoxy) is 2. The standard InChI is InChI=1S/C20H18ClNO5/c1-26-20(25)15-9-6-14(7-10-15)8-11-19(24)27-13-18(23)22-12-16-4-2-3-5-17(16)21/h2-11H,12-13H2,1H3,(H,22,23)/b11-8+. The molecule has 27 heavy (non-hydrogen) atoms. The number of benzene rings is 2. The van der Waals surface area contributed by atoms with Crippen molar-refractivity contribution in [3.63, 3.8) is 0 Å². The Bertz CT molecular complexity index is 846. The zero-order valence-corrected chi connectivity index (χ0v) is 15.4. The highest BCUT2D eigenvalue weighted by Crippen LogP contribution is 2.14. The molecule has 0 atom stereocenters. The Kier molecular flexibility index (Phi) is 7.58. The summed E-state index contributed by atoms with van der Waals surface area (Å²) in [5.74, 6) is -1.52. The molecule has 2 rings (SSSR count). The highest BCUT2D eigenvalue weighted by atomic mass is 35.5. The third kappa shape index (κ3) is 6.60. The first-order valence-electron chi connectivity index (χ1n) is 8.03. The molecule has 0 aliphatic heterocycles. The topological polar surface area (TPSA) is 81.7 Å². The maximum atomic E-state index is 11.7. The van der Waals surface area contributed by atoms with Crippen LogP contribution in [0.5, 0.6) is 0 Å². The van der Waals surface area contributed by atoms with E-state index >= 15 is 0 Å². The Hall–Kier alpha value is -3.12. The number of rotatable bonds is 7. The molecule has 0 saturated carbocycles. The number of methoxy groups -OCH3 is 1. The first kappa shape index (κ1) is 20.2. The second-order valence-corrected chi connectivity index (χ2v) is 5.83. The largest absolute Gasteiger partial charge is 0.465 e. The number of hydrogen-bond donors (Lipinski definition) is 1. The molecule has 0 aliphatic rings. The van der Waals surface area contributed by atoms with Crippen LogP contribution in [0.3, 0.4) is 0 Å². The molecule has 0 bridgehead atoms. The van der Waals surface area contributed by atoms with Crippen molar-refractivity contribution in [3.05, 3.63) is 76.3 Å². The Labute approximate surface area is 161 Å². The Balaban J connectivity index is 1.76. The van der Waals surface area contributed by atoms with Crippen LogP contribution < -0.4 is 5.32 Å². The molecule has 2 aromatic rings. The lowest BCUT2D eigenvalue weighted by Gasteiger charge is -2.07. The number of nitrogens with one attached hydrogen (secondary N) is 1. The lowest BCUT2D eigenvalue weighted by molar-refractivity contribution is -0.143. The number of halogens is 1. The van der Waals surface area contributed by atoms with Crippen LogP contribution in [0.15, 0.2) is 54.6 Å². The summed E-state index contributed by atoms with van der Waals surface area (Å²) in [6, 6.07) is 13.6. The molecular weight excluding hydrogens is 370 g/mol. The SMILES string of the molecule is COC(=O)c1ccc(/C=C/C(=O)OCC(=O)NCc2ccccc2Cl)cc1. The van der Waals surface area contributed by atoms with E-state index in [1.165, 1.54) is 19.3 Å². The van der Waals surface area contributed by atoms with Crippen LogP contribution in [0.1, 0.15) is 21.5 Å². The monoisotopic (exact) mass is 387 g/mol. The third-order valence-electron chi connectivity index (χ3n) is 3.52. The van der Waals surface area contributed by atoms with Crippen molar-refractivity contribution in [2.45, 2.75) is 6.54 Å². The molecular formula is C20H18ClNO5. The number of esters is 2. The van der Waals surface area contributed by atoms with Crippen LogP contribution in [-0.2, 0) is 25.6 Å². The molecule has 1 N–H and O–H groups in total. The average Bonchev–Trinajstić information content (AvgIpc) is 2.69. The van der Waals surface area contributed by atoms with Crippen LogP contribution in [0.4, 0.5) is 0 Å². The van der Waals surface area contributed by atoms with Gasteiger partial charge in [-0.3, -0.25) is 4.79 Å². The first-order chi connectivity index (χ1) is 13.0. The summed E-state index contributed by atoms with van der Waals surface area (Å²) >= 11 is 6.00. The van der Waals surface area contributed by atoms with Crippen LogP contribution >= 0.6 is 11.6 Å².